The first-order valence-electron chi connectivity index (χ1n) is 5.74. The van der Waals surface area contributed by atoms with Crippen molar-refractivity contribution in [2.45, 2.75) is 13.3 Å². The first-order chi connectivity index (χ1) is 8.56. The SMILES string of the molecule is CNCCCNC(=O)c1cc(C)ccc1[N+](=O)[O-]. The van der Waals surface area contributed by atoms with Gasteiger partial charge in [-0.25, -0.2) is 0 Å². The molecule has 98 valence electrons. The van der Waals surface area contributed by atoms with Gasteiger partial charge in [-0.1, -0.05) is 6.07 Å². The molecule has 0 radical (unpaired) electrons. The van der Waals surface area contributed by atoms with Gasteiger partial charge in [-0.3, -0.25) is 14.9 Å². The summed E-state index contributed by atoms with van der Waals surface area (Å²) in [5, 5.41) is 16.5. The van der Waals surface area contributed by atoms with Gasteiger partial charge in [-0.05, 0) is 38.6 Å². The Balaban J connectivity index is 2.77. The molecule has 2 N–H and O–H groups in total. The van der Waals surface area contributed by atoms with E-state index in [2.05, 4.69) is 10.6 Å². The zero-order valence-corrected chi connectivity index (χ0v) is 10.5. The number of hydrogen-bond acceptors (Lipinski definition) is 4. The highest BCUT2D eigenvalue weighted by Crippen LogP contribution is 2.19. The molecular weight excluding hydrogens is 234 g/mol. The Kier molecular flexibility index (Phi) is 5.26. The minimum atomic E-state index is -0.540. The fraction of sp³-hybridized carbons (Fsp3) is 0.417. The Morgan fingerprint density at radius 1 is 1.39 bits per heavy atom. The summed E-state index contributed by atoms with van der Waals surface area (Å²) in [6.45, 7) is 3.07. The summed E-state index contributed by atoms with van der Waals surface area (Å²) in [4.78, 5) is 22.1. The van der Waals surface area contributed by atoms with Crippen LogP contribution < -0.4 is 10.6 Å². The third-order valence-corrected chi connectivity index (χ3v) is 2.48. The van der Waals surface area contributed by atoms with Crippen LogP contribution in [-0.4, -0.2) is 31.0 Å². The van der Waals surface area contributed by atoms with E-state index in [4.69, 9.17) is 0 Å². The standard InChI is InChI=1S/C12H17N3O3/c1-9-4-5-11(15(17)18)10(8-9)12(16)14-7-3-6-13-2/h4-5,8,13H,3,6-7H2,1-2H3,(H,14,16). The molecule has 0 fully saturated rings. The minimum absolute atomic E-state index is 0.115. The average molecular weight is 251 g/mol. The highest BCUT2D eigenvalue weighted by molar-refractivity contribution is 5.98. The van der Waals surface area contributed by atoms with Gasteiger partial charge in [-0.2, -0.15) is 0 Å². The molecular formula is C12H17N3O3. The van der Waals surface area contributed by atoms with Gasteiger partial charge in [0.1, 0.15) is 5.56 Å². The summed E-state index contributed by atoms with van der Waals surface area (Å²) in [5.74, 6) is -0.401. The van der Waals surface area contributed by atoms with Crippen molar-refractivity contribution in [2.75, 3.05) is 20.1 Å². The van der Waals surface area contributed by atoms with Crippen LogP contribution in [0.3, 0.4) is 0 Å². The van der Waals surface area contributed by atoms with E-state index < -0.39 is 10.8 Å². The Morgan fingerprint density at radius 2 is 2.11 bits per heavy atom. The topological polar surface area (TPSA) is 84.3 Å². The van der Waals surface area contributed by atoms with Crippen LogP contribution in [0, 0.1) is 17.0 Å². The van der Waals surface area contributed by atoms with Crippen molar-refractivity contribution >= 4 is 11.6 Å². The molecule has 0 unspecified atom stereocenters. The molecule has 0 aliphatic heterocycles. The van der Waals surface area contributed by atoms with Gasteiger partial charge in [0.05, 0.1) is 4.92 Å². The number of hydrogen-bond donors (Lipinski definition) is 2. The van der Waals surface area contributed by atoms with Crippen LogP contribution in [-0.2, 0) is 0 Å². The third-order valence-electron chi connectivity index (χ3n) is 2.48. The molecule has 0 aliphatic carbocycles. The zero-order valence-electron chi connectivity index (χ0n) is 10.5. The first kappa shape index (κ1) is 14.1. The number of rotatable bonds is 6. The normalized spacial score (nSPS) is 10.1. The van der Waals surface area contributed by atoms with Crippen molar-refractivity contribution in [1.82, 2.24) is 10.6 Å². The monoisotopic (exact) mass is 251 g/mol. The van der Waals surface area contributed by atoms with E-state index in [0.29, 0.717) is 6.54 Å². The Morgan fingerprint density at radius 3 is 2.72 bits per heavy atom. The summed E-state index contributed by atoms with van der Waals surface area (Å²) >= 11 is 0. The lowest BCUT2D eigenvalue weighted by atomic mass is 10.1. The van der Waals surface area contributed by atoms with E-state index in [9.17, 15) is 14.9 Å². The van der Waals surface area contributed by atoms with Crippen LogP contribution in [0.4, 0.5) is 5.69 Å². The number of benzene rings is 1. The summed E-state index contributed by atoms with van der Waals surface area (Å²) < 4.78 is 0. The van der Waals surface area contributed by atoms with Crippen molar-refractivity contribution in [2.24, 2.45) is 0 Å². The number of carbonyl (C=O) groups is 1. The van der Waals surface area contributed by atoms with Crippen molar-refractivity contribution in [1.29, 1.82) is 0 Å². The lowest BCUT2D eigenvalue weighted by Crippen LogP contribution is -2.27. The molecule has 1 rings (SSSR count). The molecule has 0 aliphatic rings. The molecule has 1 aromatic carbocycles. The number of nitro groups is 1. The number of nitrogens with one attached hydrogen (secondary N) is 2. The highest BCUT2D eigenvalue weighted by atomic mass is 16.6. The molecule has 0 heterocycles. The van der Waals surface area contributed by atoms with E-state index in [1.807, 2.05) is 7.05 Å². The predicted octanol–water partition coefficient (Wildman–Crippen LogP) is 1.24. The quantitative estimate of drug-likeness (QED) is 0.452. The first-order valence-corrected chi connectivity index (χ1v) is 5.74. The molecule has 6 nitrogen and oxygen atoms in total. The molecule has 1 amide bonds. The number of carbonyl (C=O) groups excluding carboxylic acids is 1. The highest BCUT2D eigenvalue weighted by Gasteiger charge is 2.19. The van der Waals surface area contributed by atoms with E-state index in [1.165, 1.54) is 12.1 Å². The fourth-order valence-corrected chi connectivity index (χ4v) is 1.55. The van der Waals surface area contributed by atoms with E-state index >= 15 is 0 Å². The maximum Gasteiger partial charge on any atom is 0.282 e. The third kappa shape index (κ3) is 3.81. The Hall–Kier alpha value is -1.95. The van der Waals surface area contributed by atoms with Crippen molar-refractivity contribution < 1.29 is 9.72 Å². The van der Waals surface area contributed by atoms with Gasteiger partial charge in [0.15, 0.2) is 0 Å². The molecule has 0 aromatic heterocycles. The smallest absolute Gasteiger partial charge is 0.282 e. The minimum Gasteiger partial charge on any atom is -0.352 e. The molecule has 0 saturated carbocycles. The maximum absolute atomic E-state index is 11.8. The van der Waals surface area contributed by atoms with E-state index in [-0.39, 0.29) is 11.3 Å². The lowest BCUT2D eigenvalue weighted by Gasteiger charge is -2.06. The lowest BCUT2D eigenvalue weighted by molar-refractivity contribution is -0.385. The average Bonchev–Trinajstić information content (AvgIpc) is 2.34. The summed E-state index contributed by atoms with van der Waals surface area (Å²) in [6, 6.07) is 4.51. The molecule has 18 heavy (non-hydrogen) atoms. The number of aryl methyl sites for hydroxylation is 1. The summed E-state index contributed by atoms with van der Waals surface area (Å²) in [7, 11) is 1.83. The van der Waals surface area contributed by atoms with Gasteiger partial charge >= 0.3 is 0 Å². The molecule has 1 aromatic rings. The van der Waals surface area contributed by atoms with Crippen LogP contribution in [0.1, 0.15) is 22.3 Å². The second-order valence-electron chi connectivity index (χ2n) is 3.99. The molecule has 0 bridgehead atoms. The van der Waals surface area contributed by atoms with Crippen molar-refractivity contribution in [3.8, 4) is 0 Å². The van der Waals surface area contributed by atoms with Gasteiger partial charge in [0.25, 0.3) is 11.6 Å². The molecule has 0 spiro atoms. The zero-order chi connectivity index (χ0) is 13.5. The molecule has 0 atom stereocenters. The van der Waals surface area contributed by atoms with Crippen molar-refractivity contribution in [3.63, 3.8) is 0 Å². The van der Waals surface area contributed by atoms with Gasteiger partial charge < -0.3 is 10.6 Å². The van der Waals surface area contributed by atoms with Crippen LogP contribution >= 0.6 is 0 Å². The van der Waals surface area contributed by atoms with Crippen LogP contribution in [0.2, 0.25) is 0 Å². The van der Waals surface area contributed by atoms with E-state index in [1.54, 1.807) is 13.0 Å². The molecule has 0 saturated heterocycles. The second-order valence-corrected chi connectivity index (χ2v) is 3.99. The largest absolute Gasteiger partial charge is 0.352 e. The predicted molar refractivity (Wildman–Crippen MR) is 68.7 cm³/mol. The summed E-state index contributed by atoms with van der Waals surface area (Å²) in [6.07, 6.45) is 0.780. The van der Waals surface area contributed by atoms with E-state index in [0.717, 1.165) is 18.5 Å². The van der Waals surface area contributed by atoms with Gasteiger partial charge in [-0.15, -0.1) is 0 Å². The fourth-order valence-electron chi connectivity index (χ4n) is 1.55. The van der Waals surface area contributed by atoms with Crippen LogP contribution in [0.25, 0.3) is 0 Å². The number of nitrogens with zero attached hydrogens (tertiary/aromatic N) is 1. The molecule has 6 heteroatoms. The summed E-state index contributed by atoms with van der Waals surface area (Å²) in [5.41, 5.74) is 0.775. The Labute approximate surface area is 106 Å². The number of amides is 1. The van der Waals surface area contributed by atoms with Gasteiger partial charge in [0, 0.05) is 12.6 Å². The maximum atomic E-state index is 11.8. The second kappa shape index (κ2) is 6.70. The van der Waals surface area contributed by atoms with Gasteiger partial charge in [0.2, 0.25) is 0 Å². The van der Waals surface area contributed by atoms with Crippen LogP contribution in [0.5, 0.6) is 0 Å². The van der Waals surface area contributed by atoms with Crippen LogP contribution in [0.15, 0.2) is 18.2 Å². The van der Waals surface area contributed by atoms with Crippen molar-refractivity contribution in [3.05, 3.63) is 39.4 Å². The Bertz CT molecular complexity index is 446. The number of nitro benzene ring substituents is 1.